The first-order valence-electron chi connectivity index (χ1n) is 6.99. The maximum absolute atomic E-state index is 12.0. The van der Waals surface area contributed by atoms with E-state index >= 15 is 0 Å². The number of benzene rings is 1. The first kappa shape index (κ1) is 13.3. The Kier molecular flexibility index (Phi) is 3.59. The van der Waals surface area contributed by atoms with E-state index < -0.39 is 12.1 Å². The molecule has 2 bridgehead atoms. The van der Waals surface area contributed by atoms with E-state index in [9.17, 15) is 9.90 Å². The Bertz CT molecular complexity index is 498. The molecule has 20 heavy (non-hydrogen) atoms. The quantitative estimate of drug-likeness (QED) is 0.672. The predicted octanol–water partition coefficient (Wildman–Crippen LogP) is 1.66. The molecule has 1 N–H and O–H groups in total. The van der Waals surface area contributed by atoms with Gasteiger partial charge in [-0.15, -0.1) is 0 Å². The summed E-state index contributed by atoms with van der Waals surface area (Å²) in [6.07, 6.45) is 4.65. The number of fused-ring (bicyclic) bond motifs is 2. The SMILES string of the molecule is CN1[C@@H]2C=C[C@H]1CC(OC(=O)C(O)c1ccccc1)C2. The van der Waals surface area contributed by atoms with Crippen molar-refractivity contribution in [3.63, 3.8) is 0 Å². The minimum Gasteiger partial charge on any atom is -0.460 e. The van der Waals surface area contributed by atoms with Gasteiger partial charge in [-0.1, -0.05) is 42.5 Å². The van der Waals surface area contributed by atoms with Gasteiger partial charge in [0.2, 0.25) is 0 Å². The second kappa shape index (κ2) is 5.38. The summed E-state index contributed by atoms with van der Waals surface area (Å²) in [5.74, 6) is -0.551. The van der Waals surface area contributed by atoms with E-state index in [0.717, 1.165) is 12.8 Å². The highest BCUT2D eigenvalue weighted by Crippen LogP contribution is 2.31. The Morgan fingerprint density at radius 3 is 2.45 bits per heavy atom. The number of hydrogen-bond acceptors (Lipinski definition) is 4. The fourth-order valence-electron chi connectivity index (χ4n) is 2.99. The molecule has 4 atom stereocenters. The summed E-state index contributed by atoms with van der Waals surface area (Å²) in [4.78, 5) is 14.3. The molecular formula is C16H19NO3. The third-order valence-corrected chi connectivity index (χ3v) is 4.23. The normalized spacial score (nSPS) is 30.2. The second-order valence-corrected chi connectivity index (χ2v) is 5.53. The van der Waals surface area contributed by atoms with E-state index in [0.29, 0.717) is 17.6 Å². The van der Waals surface area contributed by atoms with E-state index in [1.807, 2.05) is 6.07 Å². The zero-order chi connectivity index (χ0) is 14.1. The van der Waals surface area contributed by atoms with Gasteiger partial charge < -0.3 is 9.84 Å². The molecule has 0 aliphatic carbocycles. The van der Waals surface area contributed by atoms with Gasteiger partial charge in [-0.2, -0.15) is 0 Å². The van der Waals surface area contributed by atoms with Crippen molar-refractivity contribution in [2.75, 3.05) is 7.05 Å². The van der Waals surface area contributed by atoms with Crippen LogP contribution in [0.3, 0.4) is 0 Å². The lowest BCUT2D eigenvalue weighted by Crippen LogP contribution is -2.44. The van der Waals surface area contributed by atoms with Crippen LogP contribution in [-0.4, -0.2) is 41.2 Å². The molecule has 2 aliphatic rings. The molecule has 4 heteroatoms. The number of carbonyl (C=O) groups is 1. The summed E-state index contributed by atoms with van der Waals surface area (Å²) in [5, 5.41) is 10.0. The van der Waals surface area contributed by atoms with Crippen molar-refractivity contribution in [2.45, 2.75) is 37.1 Å². The Morgan fingerprint density at radius 1 is 1.25 bits per heavy atom. The van der Waals surface area contributed by atoms with Crippen LogP contribution >= 0.6 is 0 Å². The zero-order valence-corrected chi connectivity index (χ0v) is 11.5. The van der Waals surface area contributed by atoms with Crippen molar-refractivity contribution in [1.29, 1.82) is 0 Å². The van der Waals surface area contributed by atoms with Crippen molar-refractivity contribution in [3.8, 4) is 0 Å². The van der Waals surface area contributed by atoms with Crippen molar-refractivity contribution in [1.82, 2.24) is 4.90 Å². The number of ether oxygens (including phenoxy) is 1. The Hall–Kier alpha value is -1.65. The van der Waals surface area contributed by atoms with Gasteiger partial charge in [0, 0.05) is 24.9 Å². The van der Waals surface area contributed by atoms with E-state index in [1.54, 1.807) is 24.3 Å². The standard InChI is InChI=1S/C16H19NO3/c1-17-12-7-8-13(17)10-14(9-12)20-16(19)15(18)11-5-3-2-4-6-11/h2-8,12-15,18H,9-10H2,1H3/t12-,13+,14?,15?. The van der Waals surface area contributed by atoms with Gasteiger partial charge >= 0.3 is 5.97 Å². The minimum absolute atomic E-state index is 0.109. The van der Waals surface area contributed by atoms with Crippen LogP contribution in [0.15, 0.2) is 42.5 Å². The van der Waals surface area contributed by atoms with Crippen LogP contribution in [0.1, 0.15) is 24.5 Å². The Labute approximate surface area is 118 Å². The first-order valence-corrected chi connectivity index (χ1v) is 6.99. The van der Waals surface area contributed by atoms with Crippen LogP contribution in [0, 0.1) is 0 Å². The fraction of sp³-hybridized carbons (Fsp3) is 0.438. The summed E-state index contributed by atoms with van der Waals surface area (Å²) in [5.41, 5.74) is 0.575. The molecular weight excluding hydrogens is 254 g/mol. The fourth-order valence-corrected chi connectivity index (χ4v) is 2.99. The van der Waals surface area contributed by atoms with Gasteiger partial charge in [-0.3, -0.25) is 4.90 Å². The van der Waals surface area contributed by atoms with Gasteiger partial charge in [-0.25, -0.2) is 4.79 Å². The lowest BCUT2D eigenvalue weighted by Gasteiger charge is -2.36. The molecule has 106 valence electrons. The smallest absolute Gasteiger partial charge is 0.339 e. The second-order valence-electron chi connectivity index (χ2n) is 5.53. The molecule has 1 fully saturated rings. The highest BCUT2D eigenvalue weighted by Gasteiger charge is 2.37. The van der Waals surface area contributed by atoms with Gasteiger partial charge in [0.1, 0.15) is 6.10 Å². The maximum atomic E-state index is 12.0. The minimum atomic E-state index is -1.19. The zero-order valence-electron chi connectivity index (χ0n) is 11.5. The van der Waals surface area contributed by atoms with Crippen molar-refractivity contribution < 1.29 is 14.6 Å². The van der Waals surface area contributed by atoms with Crippen LogP contribution < -0.4 is 0 Å². The molecule has 0 spiro atoms. The van der Waals surface area contributed by atoms with Crippen molar-refractivity contribution >= 4 is 5.97 Å². The molecule has 0 amide bonds. The largest absolute Gasteiger partial charge is 0.460 e. The molecule has 1 saturated heterocycles. The molecule has 2 heterocycles. The summed E-state index contributed by atoms with van der Waals surface area (Å²) in [7, 11) is 2.09. The monoisotopic (exact) mass is 273 g/mol. The van der Waals surface area contributed by atoms with Crippen LogP contribution in [0.2, 0.25) is 0 Å². The van der Waals surface area contributed by atoms with Crippen LogP contribution in [0.5, 0.6) is 0 Å². The van der Waals surface area contributed by atoms with Crippen LogP contribution in [0.4, 0.5) is 0 Å². The number of likely N-dealkylation sites (N-methyl/N-ethyl adjacent to an activating group) is 1. The summed E-state index contributed by atoms with van der Waals surface area (Å²) >= 11 is 0. The van der Waals surface area contributed by atoms with Crippen LogP contribution in [-0.2, 0) is 9.53 Å². The van der Waals surface area contributed by atoms with E-state index in [2.05, 4.69) is 24.1 Å². The number of aliphatic hydroxyl groups is 1. The van der Waals surface area contributed by atoms with E-state index in [4.69, 9.17) is 4.74 Å². The number of aliphatic hydroxyl groups excluding tert-OH is 1. The Balaban J connectivity index is 1.60. The van der Waals surface area contributed by atoms with Gasteiger partial charge in [0.05, 0.1) is 0 Å². The number of esters is 1. The molecule has 2 aliphatic heterocycles. The van der Waals surface area contributed by atoms with Gasteiger partial charge in [0.15, 0.2) is 6.10 Å². The molecule has 0 aromatic heterocycles. The van der Waals surface area contributed by atoms with E-state index in [1.165, 1.54) is 0 Å². The summed E-state index contributed by atoms with van der Waals surface area (Å²) < 4.78 is 5.48. The summed E-state index contributed by atoms with van der Waals surface area (Å²) in [6, 6.07) is 9.59. The van der Waals surface area contributed by atoms with Gasteiger partial charge in [0.25, 0.3) is 0 Å². The topological polar surface area (TPSA) is 49.8 Å². The molecule has 2 unspecified atom stereocenters. The molecule has 0 saturated carbocycles. The van der Waals surface area contributed by atoms with Crippen molar-refractivity contribution in [2.24, 2.45) is 0 Å². The number of piperidine rings is 1. The highest BCUT2D eigenvalue weighted by molar-refractivity contribution is 5.76. The molecule has 1 aromatic rings. The molecule has 3 rings (SSSR count). The molecule has 4 nitrogen and oxygen atoms in total. The average molecular weight is 273 g/mol. The number of nitrogens with zero attached hydrogens (tertiary/aromatic N) is 1. The maximum Gasteiger partial charge on any atom is 0.339 e. The van der Waals surface area contributed by atoms with Gasteiger partial charge in [-0.05, 0) is 12.6 Å². The molecule has 1 aromatic carbocycles. The third-order valence-electron chi connectivity index (χ3n) is 4.23. The summed E-state index contributed by atoms with van der Waals surface area (Å²) in [6.45, 7) is 0. The third kappa shape index (κ3) is 2.49. The lowest BCUT2D eigenvalue weighted by atomic mass is 9.99. The molecule has 0 radical (unpaired) electrons. The van der Waals surface area contributed by atoms with Crippen molar-refractivity contribution in [3.05, 3.63) is 48.0 Å². The van der Waals surface area contributed by atoms with E-state index in [-0.39, 0.29) is 6.10 Å². The van der Waals surface area contributed by atoms with Crippen LogP contribution in [0.25, 0.3) is 0 Å². The highest BCUT2D eigenvalue weighted by atomic mass is 16.6. The lowest BCUT2D eigenvalue weighted by molar-refractivity contribution is -0.162. The average Bonchev–Trinajstić information content (AvgIpc) is 2.69. The number of hydrogen-bond donors (Lipinski definition) is 1. The predicted molar refractivity (Wildman–Crippen MR) is 75.0 cm³/mol. The first-order chi connectivity index (χ1) is 9.65. The number of carbonyl (C=O) groups excluding carboxylic acids is 1. The Morgan fingerprint density at radius 2 is 1.85 bits per heavy atom. The number of rotatable bonds is 3.